The van der Waals surface area contributed by atoms with Gasteiger partial charge < -0.3 is 20.5 Å². The van der Waals surface area contributed by atoms with Crippen molar-refractivity contribution >= 4 is 40.0 Å². The number of hydrogen-bond donors (Lipinski definition) is 3. The van der Waals surface area contributed by atoms with Gasteiger partial charge in [-0.3, -0.25) is 9.10 Å². The molecule has 47 heavy (non-hydrogen) atoms. The molecule has 0 aliphatic carbocycles. The molecule has 0 aromatic heterocycles. The first-order valence-electron chi connectivity index (χ1n) is 15.2. The van der Waals surface area contributed by atoms with Gasteiger partial charge in [-0.2, -0.15) is 0 Å². The van der Waals surface area contributed by atoms with E-state index in [1.165, 1.54) is 0 Å². The zero-order valence-electron chi connectivity index (χ0n) is 26.6. The molecule has 1 unspecified atom stereocenters. The number of hydrogen-bond acceptors (Lipinski definition) is 4. The van der Waals surface area contributed by atoms with E-state index in [0.29, 0.717) is 35.0 Å². The summed E-state index contributed by atoms with van der Waals surface area (Å²) in [5.41, 5.74) is 9.93. The van der Waals surface area contributed by atoms with Crippen LogP contribution >= 0.6 is 0 Å². The summed E-state index contributed by atoms with van der Waals surface area (Å²) in [6.07, 6.45) is 1.47. The van der Waals surface area contributed by atoms with E-state index in [0.717, 1.165) is 50.2 Å². The van der Waals surface area contributed by atoms with Crippen LogP contribution in [0.15, 0.2) is 97.1 Å². The Kier molecular flexibility index (Phi) is 8.82. The van der Waals surface area contributed by atoms with Crippen LogP contribution in [-0.2, 0) is 28.7 Å². The largest absolute Gasteiger partial charge is 0.481 e. The molecule has 5 aromatic carbocycles. The van der Waals surface area contributed by atoms with Gasteiger partial charge in [0.2, 0.25) is 0 Å². The van der Waals surface area contributed by atoms with Crippen molar-refractivity contribution in [1.82, 2.24) is 0 Å². The lowest BCUT2D eigenvalue weighted by Crippen LogP contribution is -2.30. The van der Waals surface area contributed by atoms with Crippen molar-refractivity contribution in [3.63, 3.8) is 0 Å². The minimum Gasteiger partial charge on any atom is -0.481 e. The van der Waals surface area contributed by atoms with Gasteiger partial charge >= 0.3 is 12.0 Å². The number of nitrogens with zero attached hydrogens (tertiary/aromatic N) is 1. The van der Waals surface area contributed by atoms with E-state index in [1.807, 2.05) is 110 Å². The first-order valence-corrected chi connectivity index (χ1v) is 16.7. The van der Waals surface area contributed by atoms with Crippen molar-refractivity contribution < 1.29 is 23.6 Å². The van der Waals surface area contributed by atoms with Crippen molar-refractivity contribution in [2.24, 2.45) is 0 Å². The number of para-hydroxylation sites is 3. The Balaban J connectivity index is 1.37. The minimum absolute atomic E-state index is 0.155. The molecule has 238 valence electrons. The summed E-state index contributed by atoms with van der Waals surface area (Å²) in [7, 11) is -1.41. The highest BCUT2D eigenvalue weighted by atomic mass is 32.2. The van der Waals surface area contributed by atoms with E-state index in [2.05, 4.69) is 10.6 Å². The van der Waals surface area contributed by atoms with E-state index in [1.54, 1.807) is 18.4 Å². The molecule has 0 saturated heterocycles. The van der Waals surface area contributed by atoms with Crippen molar-refractivity contribution in [1.29, 1.82) is 0 Å². The van der Waals surface area contributed by atoms with Crippen molar-refractivity contribution in [2.75, 3.05) is 21.2 Å². The zero-order chi connectivity index (χ0) is 33.2. The van der Waals surface area contributed by atoms with Crippen molar-refractivity contribution in [2.45, 2.75) is 33.7 Å². The number of carbonyl (C=O) groups excluding carboxylic acids is 1. The van der Waals surface area contributed by atoms with Crippen molar-refractivity contribution in [3.8, 4) is 33.8 Å². The van der Waals surface area contributed by atoms with Gasteiger partial charge in [-0.1, -0.05) is 66.2 Å². The summed E-state index contributed by atoms with van der Waals surface area (Å²) in [6, 6.07) is 29.9. The van der Waals surface area contributed by atoms with E-state index < -0.39 is 23.0 Å². The summed E-state index contributed by atoms with van der Waals surface area (Å²) < 4.78 is 21.0. The first kappa shape index (κ1) is 31.6. The van der Waals surface area contributed by atoms with Gasteiger partial charge in [0.25, 0.3) is 0 Å². The number of carboxylic acids is 1. The number of fused-ring (bicyclic) bond motifs is 3. The number of urea groups is 1. The van der Waals surface area contributed by atoms with E-state index in [9.17, 15) is 18.9 Å². The Bertz CT molecular complexity index is 2030. The monoisotopic (exact) mass is 645 g/mol. The van der Waals surface area contributed by atoms with Gasteiger partial charge in [0.1, 0.15) is 16.7 Å². The third-order valence-corrected chi connectivity index (χ3v) is 9.31. The number of aliphatic carboxylic acids is 1. The van der Waals surface area contributed by atoms with Crippen molar-refractivity contribution in [3.05, 3.63) is 125 Å². The molecule has 0 saturated carbocycles. The summed E-state index contributed by atoms with van der Waals surface area (Å²) in [6.45, 7) is 6.26. The van der Waals surface area contributed by atoms with E-state index in [-0.39, 0.29) is 6.42 Å². The molecule has 5 aromatic rings. The molecular formula is C38H35N3O5S. The molecule has 0 radical (unpaired) electrons. The van der Waals surface area contributed by atoms with Gasteiger partial charge in [0.05, 0.1) is 24.3 Å². The van der Waals surface area contributed by atoms with E-state index >= 15 is 0 Å². The molecule has 0 bridgehead atoms. The Labute approximate surface area is 276 Å². The molecule has 0 fully saturated rings. The second-order valence-corrected chi connectivity index (χ2v) is 12.9. The molecule has 1 aliphatic rings. The maximum absolute atomic E-state index is 13.2. The SMILES string of the molecule is Cc1ccc(-c2c(C)c3c(c(C)c2CC(=O)O)N(S(C)=O)Cc2cc(NC(=O)Nc4ccccc4Oc4ccccc4)ccc2-3)cc1. The Morgan fingerprint density at radius 1 is 0.851 bits per heavy atom. The van der Waals surface area contributed by atoms with Crippen LogP contribution in [0.4, 0.5) is 21.9 Å². The lowest BCUT2D eigenvalue weighted by molar-refractivity contribution is -0.136. The summed E-state index contributed by atoms with van der Waals surface area (Å²) in [5, 5.41) is 15.7. The average molecular weight is 646 g/mol. The van der Waals surface area contributed by atoms with Gasteiger partial charge in [-0.25, -0.2) is 9.00 Å². The fourth-order valence-electron chi connectivity index (χ4n) is 6.23. The minimum atomic E-state index is -1.41. The van der Waals surface area contributed by atoms with Gasteiger partial charge in [-0.15, -0.1) is 0 Å². The quantitative estimate of drug-likeness (QED) is 0.157. The fraction of sp³-hybridized carbons (Fsp3) is 0.158. The van der Waals surface area contributed by atoms with Crippen LogP contribution in [0.2, 0.25) is 0 Å². The van der Waals surface area contributed by atoms with Gasteiger partial charge in [0, 0.05) is 17.5 Å². The number of carboxylic acid groups (broad SMARTS) is 1. The number of ether oxygens (including phenoxy) is 1. The molecule has 8 nitrogen and oxygen atoms in total. The van der Waals surface area contributed by atoms with Crippen LogP contribution in [0.5, 0.6) is 11.5 Å². The maximum atomic E-state index is 13.2. The highest BCUT2D eigenvalue weighted by molar-refractivity contribution is 7.85. The van der Waals surface area contributed by atoms with Crippen LogP contribution in [-0.4, -0.2) is 27.6 Å². The Morgan fingerprint density at radius 3 is 2.26 bits per heavy atom. The molecule has 1 heterocycles. The van der Waals surface area contributed by atoms with Gasteiger partial charge in [-0.05, 0) is 96.1 Å². The zero-order valence-corrected chi connectivity index (χ0v) is 27.4. The number of aryl methyl sites for hydroxylation is 1. The number of nitrogens with one attached hydrogen (secondary N) is 2. The second kappa shape index (κ2) is 13.1. The third kappa shape index (κ3) is 6.48. The molecule has 3 N–H and O–H groups in total. The lowest BCUT2D eigenvalue weighted by atomic mass is 9.81. The molecule has 2 amide bonds. The van der Waals surface area contributed by atoms with Gasteiger partial charge in [0.15, 0.2) is 5.75 Å². The number of anilines is 3. The maximum Gasteiger partial charge on any atom is 0.323 e. The Hall–Kier alpha value is -5.41. The molecule has 6 rings (SSSR count). The molecule has 0 spiro atoms. The first-order chi connectivity index (χ1) is 22.6. The van der Waals surface area contributed by atoms with Crippen LogP contribution < -0.4 is 19.7 Å². The van der Waals surface area contributed by atoms with Crippen LogP contribution in [0, 0.1) is 20.8 Å². The molecular weight excluding hydrogens is 611 g/mol. The highest BCUT2D eigenvalue weighted by Gasteiger charge is 2.32. The number of benzene rings is 5. The molecule has 9 heteroatoms. The molecule has 1 aliphatic heterocycles. The summed E-state index contributed by atoms with van der Waals surface area (Å²) >= 11 is 0. The predicted octanol–water partition coefficient (Wildman–Crippen LogP) is 8.62. The fourth-order valence-corrected chi connectivity index (χ4v) is 7.04. The predicted molar refractivity (Wildman–Crippen MR) is 189 cm³/mol. The number of rotatable bonds is 8. The average Bonchev–Trinajstić information content (AvgIpc) is 3.04. The number of amides is 2. The normalized spacial score (nSPS) is 12.5. The van der Waals surface area contributed by atoms with Crippen LogP contribution in [0.25, 0.3) is 22.3 Å². The van der Waals surface area contributed by atoms with Crippen LogP contribution in [0.1, 0.15) is 27.8 Å². The lowest BCUT2D eigenvalue weighted by Gasteiger charge is -2.35. The van der Waals surface area contributed by atoms with E-state index in [4.69, 9.17) is 4.74 Å². The summed E-state index contributed by atoms with van der Waals surface area (Å²) in [4.78, 5) is 25.3. The smallest absolute Gasteiger partial charge is 0.323 e. The number of carbonyl (C=O) groups is 2. The standard InChI is InChI=1S/C38H35N3O5S/c1-23-14-16-26(17-15-23)35-25(3)36-30-19-18-28(20-27(30)22-41(47(4)45)37(36)24(2)31(35)21-34(42)43)39-38(44)40-32-12-8-9-13-33(32)46-29-10-6-5-7-11-29/h5-20H,21-22H2,1-4H3,(H,42,43)(H2,39,40,44). The highest BCUT2D eigenvalue weighted by Crippen LogP contribution is 2.49. The molecule has 1 atom stereocenters. The second-order valence-electron chi connectivity index (χ2n) is 11.6. The summed E-state index contributed by atoms with van der Waals surface area (Å²) in [5.74, 6) is 0.236. The third-order valence-electron chi connectivity index (χ3n) is 8.38. The topological polar surface area (TPSA) is 108 Å². The Morgan fingerprint density at radius 2 is 1.55 bits per heavy atom. The van der Waals surface area contributed by atoms with Crippen LogP contribution in [0.3, 0.4) is 0 Å².